The first kappa shape index (κ1) is 14.8. The summed E-state index contributed by atoms with van der Waals surface area (Å²) in [5.74, 6) is 0.304. The first-order valence-corrected chi connectivity index (χ1v) is 7.36. The van der Waals surface area contributed by atoms with Crippen molar-refractivity contribution in [3.63, 3.8) is 0 Å². The average Bonchev–Trinajstić information content (AvgIpc) is 2.62. The second-order valence-corrected chi connectivity index (χ2v) is 5.78. The van der Waals surface area contributed by atoms with Crippen molar-refractivity contribution in [3.05, 3.63) is 26.4 Å². The second kappa shape index (κ2) is 6.26. The summed E-state index contributed by atoms with van der Waals surface area (Å²) >= 11 is 0. The van der Waals surface area contributed by atoms with Crippen molar-refractivity contribution in [3.8, 4) is 0 Å². The summed E-state index contributed by atoms with van der Waals surface area (Å²) in [6.07, 6.45) is 4.80. The van der Waals surface area contributed by atoms with Crippen LogP contribution in [0, 0.1) is 0 Å². The zero-order valence-electron chi connectivity index (χ0n) is 12.3. The number of aromatic amines is 1. The van der Waals surface area contributed by atoms with Gasteiger partial charge < -0.3 is 5.73 Å². The molecule has 1 aliphatic heterocycles. The molecule has 20 heavy (non-hydrogen) atoms. The van der Waals surface area contributed by atoms with Crippen molar-refractivity contribution < 1.29 is 0 Å². The van der Waals surface area contributed by atoms with E-state index in [-0.39, 0.29) is 11.6 Å². The quantitative estimate of drug-likeness (QED) is 0.867. The van der Waals surface area contributed by atoms with Gasteiger partial charge in [-0.1, -0.05) is 12.8 Å². The van der Waals surface area contributed by atoms with Gasteiger partial charge >= 0.3 is 5.69 Å². The van der Waals surface area contributed by atoms with Gasteiger partial charge in [0.05, 0.1) is 5.56 Å². The molecule has 1 fully saturated rings. The molecule has 0 aliphatic carbocycles. The molecular formula is C14H24N4O2. The molecule has 2 heterocycles. The Balaban J connectivity index is 2.33. The Morgan fingerprint density at radius 3 is 2.30 bits per heavy atom. The lowest BCUT2D eigenvalue weighted by molar-refractivity contribution is 0.275. The van der Waals surface area contributed by atoms with Crippen molar-refractivity contribution in [2.45, 2.75) is 52.1 Å². The standard InChI is InChI=1S/C14H24N4O2/c1-10(2)18-12(15)11(13(19)16-14(18)20)9-17-7-5-3-4-6-8-17/h10H,3-9,15H2,1-2H3,(H,16,19,20). The van der Waals surface area contributed by atoms with Crippen LogP contribution in [0.1, 0.15) is 51.1 Å². The molecule has 1 aliphatic rings. The highest BCUT2D eigenvalue weighted by Crippen LogP contribution is 2.15. The number of aromatic nitrogens is 2. The predicted octanol–water partition coefficient (Wildman–Crippen LogP) is 1.08. The van der Waals surface area contributed by atoms with Crippen LogP contribution in [-0.2, 0) is 6.54 Å². The summed E-state index contributed by atoms with van der Waals surface area (Å²) in [6, 6.07) is -0.0674. The Labute approximate surface area is 118 Å². The van der Waals surface area contributed by atoms with E-state index in [9.17, 15) is 9.59 Å². The van der Waals surface area contributed by atoms with Gasteiger partial charge in [0, 0.05) is 12.6 Å². The number of hydrogen-bond donors (Lipinski definition) is 2. The van der Waals surface area contributed by atoms with Gasteiger partial charge in [0.2, 0.25) is 0 Å². The Kier molecular flexibility index (Phi) is 4.65. The average molecular weight is 280 g/mol. The van der Waals surface area contributed by atoms with E-state index in [2.05, 4.69) is 9.88 Å². The van der Waals surface area contributed by atoms with Crippen molar-refractivity contribution in [1.82, 2.24) is 14.5 Å². The highest BCUT2D eigenvalue weighted by Gasteiger charge is 2.17. The molecule has 1 aromatic rings. The number of likely N-dealkylation sites (tertiary alicyclic amines) is 1. The fourth-order valence-corrected chi connectivity index (χ4v) is 2.79. The smallest absolute Gasteiger partial charge is 0.330 e. The van der Waals surface area contributed by atoms with Crippen LogP contribution in [0.25, 0.3) is 0 Å². The van der Waals surface area contributed by atoms with Crippen LogP contribution in [0.15, 0.2) is 9.59 Å². The molecule has 6 nitrogen and oxygen atoms in total. The zero-order chi connectivity index (χ0) is 14.7. The minimum atomic E-state index is -0.429. The van der Waals surface area contributed by atoms with Gasteiger partial charge in [-0.15, -0.1) is 0 Å². The number of nitrogen functional groups attached to an aromatic ring is 1. The second-order valence-electron chi connectivity index (χ2n) is 5.78. The molecule has 1 saturated heterocycles. The Morgan fingerprint density at radius 2 is 1.75 bits per heavy atom. The Hall–Kier alpha value is -1.56. The monoisotopic (exact) mass is 280 g/mol. The van der Waals surface area contributed by atoms with E-state index in [1.165, 1.54) is 17.4 Å². The van der Waals surface area contributed by atoms with Gasteiger partial charge in [0.15, 0.2) is 0 Å². The molecule has 6 heteroatoms. The van der Waals surface area contributed by atoms with E-state index in [4.69, 9.17) is 5.73 Å². The summed E-state index contributed by atoms with van der Waals surface area (Å²) in [7, 11) is 0. The summed E-state index contributed by atoms with van der Waals surface area (Å²) in [5, 5.41) is 0. The summed E-state index contributed by atoms with van der Waals surface area (Å²) in [4.78, 5) is 28.5. The lowest BCUT2D eigenvalue weighted by Crippen LogP contribution is -2.38. The van der Waals surface area contributed by atoms with Crippen molar-refractivity contribution >= 4 is 5.82 Å². The van der Waals surface area contributed by atoms with Crippen LogP contribution in [0.5, 0.6) is 0 Å². The van der Waals surface area contributed by atoms with E-state index in [0.717, 1.165) is 25.9 Å². The van der Waals surface area contributed by atoms with E-state index in [0.29, 0.717) is 17.9 Å². The lowest BCUT2D eigenvalue weighted by atomic mass is 10.2. The highest BCUT2D eigenvalue weighted by atomic mass is 16.2. The summed E-state index contributed by atoms with van der Waals surface area (Å²) in [5.41, 5.74) is 5.79. The van der Waals surface area contributed by atoms with Gasteiger partial charge in [-0.2, -0.15) is 0 Å². The molecule has 112 valence electrons. The minimum absolute atomic E-state index is 0.0674. The fraction of sp³-hybridized carbons (Fsp3) is 0.714. The van der Waals surface area contributed by atoms with Crippen molar-refractivity contribution in [2.75, 3.05) is 18.8 Å². The zero-order valence-corrected chi connectivity index (χ0v) is 12.3. The Bertz CT molecular complexity index is 566. The molecule has 0 atom stereocenters. The summed E-state index contributed by atoms with van der Waals surface area (Å²) < 4.78 is 1.45. The van der Waals surface area contributed by atoms with Gasteiger partial charge in [0.25, 0.3) is 5.56 Å². The minimum Gasteiger partial charge on any atom is -0.385 e. The van der Waals surface area contributed by atoms with Crippen molar-refractivity contribution in [1.29, 1.82) is 0 Å². The van der Waals surface area contributed by atoms with Gasteiger partial charge in [0.1, 0.15) is 5.82 Å². The van der Waals surface area contributed by atoms with E-state index >= 15 is 0 Å². The third-order valence-electron chi connectivity index (χ3n) is 3.88. The summed E-state index contributed by atoms with van der Waals surface area (Å²) in [6.45, 7) is 6.26. The molecule has 0 saturated carbocycles. The number of nitrogens with zero attached hydrogens (tertiary/aromatic N) is 2. The molecule has 0 bridgehead atoms. The first-order chi connectivity index (χ1) is 9.50. The van der Waals surface area contributed by atoms with Crippen LogP contribution >= 0.6 is 0 Å². The highest BCUT2D eigenvalue weighted by molar-refractivity contribution is 5.38. The van der Waals surface area contributed by atoms with Crippen LogP contribution in [0.2, 0.25) is 0 Å². The number of rotatable bonds is 3. The molecule has 0 unspecified atom stereocenters. The third kappa shape index (κ3) is 3.12. The van der Waals surface area contributed by atoms with Crippen LogP contribution in [-0.4, -0.2) is 27.5 Å². The molecule has 1 aromatic heterocycles. The van der Waals surface area contributed by atoms with E-state index < -0.39 is 5.69 Å². The molecule has 0 amide bonds. The maximum absolute atomic E-state index is 12.0. The molecule has 3 N–H and O–H groups in total. The topological polar surface area (TPSA) is 84.1 Å². The van der Waals surface area contributed by atoms with Gasteiger partial charge in [-0.3, -0.25) is 19.2 Å². The van der Waals surface area contributed by atoms with Gasteiger partial charge in [-0.05, 0) is 39.8 Å². The van der Waals surface area contributed by atoms with Gasteiger partial charge in [-0.25, -0.2) is 4.79 Å². The molecule has 0 spiro atoms. The first-order valence-electron chi connectivity index (χ1n) is 7.36. The third-order valence-corrected chi connectivity index (χ3v) is 3.88. The number of hydrogen-bond acceptors (Lipinski definition) is 4. The predicted molar refractivity (Wildman–Crippen MR) is 79.9 cm³/mol. The van der Waals surface area contributed by atoms with Crippen LogP contribution in [0.3, 0.4) is 0 Å². The SMILES string of the molecule is CC(C)n1c(N)c(CN2CCCCCC2)c(=O)[nH]c1=O. The maximum atomic E-state index is 12.0. The molecule has 0 aromatic carbocycles. The number of anilines is 1. The lowest BCUT2D eigenvalue weighted by Gasteiger charge is -2.22. The van der Waals surface area contributed by atoms with E-state index in [1.807, 2.05) is 13.8 Å². The van der Waals surface area contributed by atoms with Crippen molar-refractivity contribution in [2.24, 2.45) is 0 Å². The fourth-order valence-electron chi connectivity index (χ4n) is 2.79. The molecule has 0 radical (unpaired) electrons. The Morgan fingerprint density at radius 1 is 1.15 bits per heavy atom. The molecule has 2 rings (SSSR count). The van der Waals surface area contributed by atoms with Crippen LogP contribution < -0.4 is 17.0 Å². The number of H-pyrrole nitrogens is 1. The number of nitrogens with one attached hydrogen (secondary N) is 1. The largest absolute Gasteiger partial charge is 0.385 e. The number of nitrogens with two attached hydrogens (primary N) is 1. The van der Waals surface area contributed by atoms with Crippen LogP contribution in [0.4, 0.5) is 5.82 Å². The normalized spacial score (nSPS) is 17.4. The molecular weight excluding hydrogens is 256 g/mol. The maximum Gasteiger partial charge on any atom is 0.330 e. The van der Waals surface area contributed by atoms with E-state index in [1.54, 1.807) is 0 Å².